The molecule has 0 saturated heterocycles. The Labute approximate surface area is 240 Å². The Balaban J connectivity index is 0.00000411. The van der Waals surface area contributed by atoms with Crippen LogP contribution in [0.1, 0.15) is 33.6 Å². The van der Waals surface area contributed by atoms with Gasteiger partial charge < -0.3 is 36.1 Å². The van der Waals surface area contributed by atoms with E-state index in [1.54, 1.807) is 48.5 Å². The van der Waals surface area contributed by atoms with E-state index >= 15 is 0 Å². The van der Waals surface area contributed by atoms with Crippen molar-refractivity contribution in [2.45, 2.75) is 45.3 Å². The number of benzene rings is 2. The van der Waals surface area contributed by atoms with Crippen molar-refractivity contribution in [3.63, 3.8) is 0 Å². The van der Waals surface area contributed by atoms with Crippen molar-refractivity contribution in [2.75, 3.05) is 55.3 Å². The summed E-state index contributed by atoms with van der Waals surface area (Å²) in [6.07, 6.45) is -1.12. The van der Waals surface area contributed by atoms with Crippen LogP contribution in [0.4, 0.5) is 32.3 Å². The number of nitrogen functional groups attached to an aromatic ring is 2. The molecule has 0 saturated carbocycles. The Kier molecular flexibility index (Phi) is 15.7. The van der Waals surface area contributed by atoms with Crippen LogP contribution in [0.25, 0.3) is 0 Å². The van der Waals surface area contributed by atoms with E-state index in [4.69, 9.17) is 51.8 Å². The Hall–Kier alpha value is -4.02. The van der Waals surface area contributed by atoms with Gasteiger partial charge in [0.1, 0.15) is 18.0 Å². The van der Waals surface area contributed by atoms with E-state index in [0.29, 0.717) is 42.2 Å². The number of para-hydroxylation sites is 4. The highest BCUT2D eigenvalue weighted by molar-refractivity contribution is 5.69. The largest absolute Gasteiger partial charge is 0.534 e. The molecular formula is C26H43N7O8. The molecule has 0 amide bonds. The predicted octanol–water partition coefficient (Wildman–Crippen LogP) is 2.60. The first-order valence-electron chi connectivity index (χ1n) is 12.8. The Morgan fingerprint density at radius 1 is 0.780 bits per heavy atom. The lowest BCUT2D eigenvalue weighted by Crippen LogP contribution is -2.35. The minimum Gasteiger partial charge on any atom is -0.433 e. The van der Waals surface area contributed by atoms with Crippen LogP contribution in [-0.2, 0) is 28.6 Å². The molecule has 1 unspecified atom stereocenters. The van der Waals surface area contributed by atoms with Gasteiger partial charge in [-0.05, 0) is 58.5 Å². The standard InChI is InChI=1S/C25H38N6O8.CH5N/c1-18(34-16-17-36-24(33)39-31(29)22-11-7-5-9-20(22)27)12-14-37-25(2,3)13-15-35-23(32)38-30(28)21-10-6-4-8-19(21)26;1-2/h4-11,18H,12-17,26-29H2,1-3H3;2H2,1H3. The number of carbonyl (C=O) groups is 2. The zero-order valence-corrected chi connectivity index (χ0v) is 24.0. The first-order valence-corrected chi connectivity index (χ1v) is 12.8. The number of rotatable bonds is 15. The molecule has 230 valence electrons. The van der Waals surface area contributed by atoms with Crippen molar-refractivity contribution in [1.29, 1.82) is 0 Å². The van der Waals surface area contributed by atoms with Gasteiger partial charge in [-0.1, -0.05) is 24.3 Å². The Bertz CT molecular complexity index is 1060. The van der Waals surface area contributed by atoms with Gasteiger partial charge in [0, 0.05) is 13.0 Å². The van der Waals surface area contributed by atoms with Gasteiger partial charge in [0.25, 0.3) is 0 Å². The minimum absolute atomic E-state index is 0.0296. The zero-order valence-electron chi connectivity index (χ0n) is 24.0. The van der Waals surface area contributed by atoms with Crippen molar-refractivity contribution in [2.24, 2.45) is 17.4 Å². The van der Waals surface area contributed by atoms with Gasteiger partial charge in [0.2, 0.25) is 0 Å². The van der Waals surface area contributed by atoms with Crippen LogP contribution in [0.5, 0.6) is 0 Å². The summed E-state index contributed by atoms with van der Waals surface area (Å²) in [5, 5.41) is 1.49. The second-order valence-corrected chi connectivity index (χ2v) is 8.98. The van der Waals surface area contributed by atoms with E-state index in [1.165, 1.54) is 7.05 Å². The Morgan fingerprint density at radius 3 is 1.73 bits per heavy atom. The molecule has 15 heteroatoms. The lowest BCUT2D eigenvalue weighted by atomic mass is 10.1. The molecule has 0 fully saturated rings. The maximum absolute atomic E-state index is 11.9. The average Bonchev–Trinajstić information content (AvgIpc) is 2.92. The van der Waals surface area contributed by atoms with Crippen molar-refractivity contribution >= 4 is 35.1 Å². The number of hydrogen-bond donors (Lipinski definition) is 5. The molecule has 0 bridgehead atoms. The fourth-order valence-corrected chi connectivity index (χ4v) is 3.10. The van der Waals surface area contributed by atoms with E-state index < -0.39 is 17.9 Å². The molecular weight excluding hydrogens is 538 g/mol. The van der Waals surface area contributed by atoms with Gasteiger partial charge in [0.15, 0.2) is 0 Å². The average molecular weight is 582 g/mol. The maximum atomic E-state index is 11.9. The first-order chi connectivity index (χ1) is 19.5. The summed E-state index contributed by atoms with van der Waals surface area (Å²) < 4.78 is 21.5. The van der Waals surface area contributed by atoms with Crippen molar-refractivity contribution < 1.29 is 38.2 Å². The van der Waals surface area contributed by atoms with Gasteiger partial charge in [-0.2, -0.15) is 0 Å². The summed E-state index contributed by atoms with van der Waals surface area (Å²) in [7, 11) is 1.50. The van der Waals surface area contributed by atoms with E-state index in [2.05, 4.69) is 5.73 Å². The molecule has 1 atom stereocenters. The highest BCUT2D eigenvalue weighted by Crippen LogP contribution is 2.21. The monoisotopic (exact) mass is 581 g/mol. The smallest absolute Gasteiger partial charge is 0.433 e. The fourth-order valence-electron chi connectivity index (χ4n) is 3.10. The highest BCUT2D eigenvalue weighted by Gasteiger charge is 2.21. The van der Waals surface area contributed by atoms with Crippen LogP contribution in [0.2, 0.25) is 0 Å². The number of nitrogens with zero attached hydrogens (tertiary/aromatic N) is 2. The SMILES string of the molecule is CC(CCOC(C)(C)CCOC(=O)ON(N)c1ccccc1N)OCCOC(=O)ON(N)c1ccccc1N.CN. The third-order valence-electron chi connectivity index (χ3n) is 5.34. The van der Waals surface area contributed by atoms with E-state index in [-0.39, 0.29) is 25.9 Å². The third kappa shape index (κ3) is 13.7. The van der Waals surface area contributed by atoms with Crippen LogP contribution >= 0.6 is 0 Å². The van der Waals surface area contributed by atoms with Gasteiger partial charge in [-0.15, -0.1) is 10.3 Å². The van der Waals surface area contributed by atoms with E-state index in [1.807, 2.05) is 20.8 Å². The van der Waals surface area contributed by atoms with E-state index in [0.717, 1.165) is 10.3 Å². The van der Waals surface area contributed by atoms with Crippen LogP contribution in [0, 0.1) is 0 Å². The lowest BCUT2D eigenvalue weighted by Gasteiger charge is -2.26. The van der Waals surface area contributed by atoms with E-state index in [9.17, 15) is 9.59 Å². The van der Waals surface area contributed by atoms with Gasteiger partial charge >= 0.3 is 12.3 Å². The van der Waals surface area contributed by atoms with Gasteiger partial charge in [0.05, 0.1) is 36.3 Å². The summed E-state index contributed by atoms with van der Waals surface area (Å²) >= 11 is 0. The van der Waals surface area contributed by atoms with Crippen molar-refractivity contribution in [3.05, 3.63) is 48.5 Å². The topological polar surface area (TPSA) is 226 Å². The van der Waals surface area contributed by atoms with Gasteiger partial charge in [-0.3, -0.25) is 9.68 Å². The number of ether oxygens (including phenoxy) is 4. The summed E-state index contributed by atoms with van der Waals surface area (Å²) in [5.74, 6) is 11.4. The molecule has 0 aliphatic rings. The molecule has 2 rings (SSSR count). The van der Waals surface area contributed by atoms with Crippen LogP contribution in [0.15, 0.2) is 48.5 Å². The van der Waals surface area contributed by atoms with Crippen LogP contribution in [-0.4, -0.2) is 57.5 Å². The second kappa shape index (κ2) is 18.4. The molecule has 0 aromatic heterocycles. The van der Waals surface area contributed by atoms with Gasteiger partial charge in [-0.25, -0.2) is 21.3 Å². The third-order valence-corrected chi connectivity index (χ3v) is 5.34. The molecule has 0 radical (unpaired) electrons. The molecule has 15 nitrogen and oxygen atoms in total. The number of carbonyl (C=O) groups excluding carboxylic acids is 2. The summed E-state index contributed by atoms with van der Waals surface area (Å²) in [6, 6.07) is 13.3. The molecule has 0 aliphatic carbocycles. The Morgan fingerprint density at radius 2 is 1.24 bits per heavy atom. The number of hydrogen-bond acceptors (Lipinski definition) is 15. The molecule has 10 N–H and O–H groups in total. The lowest BCUT2D eigenvalue weighted by molar-refractivity contribution is -0.0582. The molecule has 41 heavy (non-hydrogen) atoms. The molecule has 0 aliphatic heterocycles. The van der Waals surface area contributed by atoms with Crippen molar-refractivity contribution in [3.8, 4) is 0 Å². The minimum atomic E-state index is -0.989. The first kappa shape index (κ1) is 35.0. The normalized spacial score (nSPS) is 11.4. The molecule has 0 spiro atoms. The summed E-state index contributed by atoms with van der Waals surface area (Å²) in [5.41, 5.74) is 16.8. The van der Waals surface area contributed by atoms with Crippen molar-refractivity contribution in [1.82, 2.24) is 0 Å². The number of anilines is 4. The molecule has 2 aromatic carbocycles. The highest BCUT2D eigenvalue weighted by atomic mass is 16.8. The summed E-state index contributed by atoms with van der Waals surface area (Å²) in [4.78, 5) is 33.5. The number of nitrogens with two attached hydrogens (primary N) is 5. The molecule has 0 heterocycles. The number of hydrazine groups is 2. The van der Waals surface area contributed by atoms with Crippen LogP contribution in [0.3, 0.4) is 0 Å². The predicted molar refractivity (Wildman–Crippen MR) is 155 cm³/mol. The zero-order chi connectivity index (χ0) is 30.8. The quantitative estimate of drug-likeness (QED) is 0.0669. The van der Waals surface area contributed by atoms with Crippen LogP contribution < -0.4 is 39.2 Å². The summed E-state index contributed by atoms with van der Waals surface area (Å²) in [6.45, 7) is 6.18. The second-order valence-electron chi connectivity index (χ2n) is 8.98. The fraction of sp³-hybridized carbons (Fsp3) is 0.462. The maximum Gasteiger partial charge on any atom is 0.534 e. The molecule has 2 aromatic rings.